The zero-order chi connectivity index (χ0) is 26.0. The van der Waals surface area contributed by atoms with Gasteiger partial charge in [0.1, 0.15) is 5.82 Å². The first kappa shape index (κ1) is 26.2. The van der Waals surface area contributed by atoms with Crippen LogP contribution in [0.1, 0.15) is 57.9 Å². The summed E-state index contributed by atoms with van der Waals surface area (Å²) in [5.41, 5.74) is 1.71. The van der Waals surface area contributed by atoms with Crippen molar-refractivity contribution < 1.29 is 28.2 Å². The molecule has 4 aliphatic rings. The number of benzene rings is 1. The highest BCUT2D eigenvalue weighted by Crippen LogP contribution is 2.42. The third-order valence-corrected chi connectivity index (χ3v) is 8.44. The fraction of sp³-hybridized carbons (Fsp3) is 0.714. The Morgan fingerprint density at radius 3 is 2.65 bits per heavy atom. The number of rotatable bonds is 6. The minimum absolute atomic E-state index is 0.106. The molecule has 9 heteroatoms. The summed E-state index contributed by atoms with van der Waals surface area (Å²) in [6, 6.07) is 4.49. The Morgan fingerprint density at radius 2 is 1.89 bits per heavy atom. The second-order valence-corrected chi connectivity index (χ2v) is 11.6. The lowest BCUT2D eigenvalue weighted by molar-refractivity contribution is -0.145. The van der Waals surface area contributed by atoms with Crippen LogP contribution in [-0.2, 0) is 24.4 Å². The number of fused-ring (bicyclic) bond motifs is 1. The Labute approximate surface area is 218 Å². The number of alkyl carbamates (subject to hydrolysis) is 1. The van der Waals surface area contributed by atoms with Gasteiger partial charge in [0.15, 0.2) is 6.10 Å². The SMILES string of the molecule is CC1(C)CN(C2COC[C@@H]2NC(=O)OC(CC2CCCCC2)C(=O)N2CCOCC2)c2ccc(F)cc21. The Bertz CT molecular complexity index is 977. The van der Waals surface area contributed by atoms with Crippen LogP contribution in [0.15, 0.2) is 18.2 Å². The van der Waals surface area contributed by atoms with Crippen LogP contribution in [0.4, 0.5) is 14.9 Å². The van der Waals surface area contributed by atoms with Crippen LogP contribution >= 0.6 is 0 Å². The predicted molar refractivity (Wildman–Crippen MR) is 137 cm³/mol. The van der Waals surface area contributed by atoms with E-state index in [4.69, 9.17) is 14.2 Å². The number of morpholine rings is 1. The molecule has 8 nitrogen and oxygen atoms in total. The molecule has 2 unspecified atom stereocenters. The standard InChI is InChI=1S/C28H40FN3O5/c1-28(2)18-32(23-9-8-20(29)15-21(23)28)24-17-36-16-22(24)30-27(34)37-25(14-19-6-4-3-5-7-19)26(33)31-10-12-35-13-11-31/h8-9,15,19,22,24-25H,3-7,10-14,16-18H2,1-2H3,(H,30,34)/t22-,24?,25?/m0/s1. The van der Waals surface area contributed by atoms with Crippen LogP contribution in [0.3, 0.4) is 0 Å². The van der Waals surface area contributed by atoms with Crippen LogP contribution in [0.5, 0.6) is 0 Å². The van der Waals surface area contributed by atoms with E-state index in [2.05, 4.69) is 24.1 Å². The molecule has 1 N–H and O–H groups in total. The first-order valence-corrected chi connectivity index (χ1v) is 13.8. The molecule has 204 valence electrons. The number of nitrogens with one attached hydrogen (secondary N) is 1. The molecule has 3 fully saturated rings. The van der Waals surface area contributed by atoms with Gasteiger partial charge in [0, 0.05) is 30.7 Å². The number of hydrogen-bond donors (Lipinski definition) is 1. The molecule has 0 spiro atoms. The lowest BCUT2D eigenvalue weighted by Crippen LogP contribution is -2.53. The van der Waals surface area contributed by atoms with E-state index >= 15 is 0 Å². The Kier molecular flexibility index (Phi) is 7.91. The highest BCUT2D eigenvalue weighted by molar-refractivity contribution is 5.83. The van der Waals surface area contributed by atoms with Gasteiger partial charge in [-0.1, -0.05) is 46.0 Å². The zero-order valence-electron chi connectivity index (χ0n) is 22.0. The van der Waals surface area contributed by atoms with E-state index in [1.165, 1.54) is 12.5 Å². The summed E-state index contributed by atoms with van der Waals surface area (Å²) in [5, 5.41) is 3.00. The third-order valence-electron chi connectivity index (χ3n) is 8.44. The van der Waals surface area contributed by atoms with Crippen LogP contribution in [0.25, 0.3) is 0 Å². The molecule has 0 radical (unpaired) electrons. The van der Waals surface area contributed by atoms with Gasteiger partial charge in [-0.25, -0.2) is 9.18 Å². The summed E-state index contributed by atoms with van der Waals surface area (Å²) < 4.78 is 31.0. The van der Waals surface area contributed by atoms with Crippen LogP contribution < -0.4 is 10.2 Å². The van der Waals surface area contributed by atoms with Gasteiger partial charge in [0.05, 0.1) is 38.5 Å². The van der Waals surface area contributed by atoms with Gasteiger partial charge in [-0.2, -0.15) is 0 Å². The van der Waals surface area contributed by atoms with Crippen LogP contribution in [0, 0.1) is 11.7 Å². The highest BCUT2D eigenvalue weighted by Gasteiger charge is 2.44. The average Bonchev–Trinajstić information content (AvgIpc) is 3.45. The normalized spacial score (nSPS) is 26.6. The summed E-state index contributed by atoms with van der Waals surface area (Å²) in [4.78, 5) is 30.5. The van der Waals surface area contributed by atoms with Gasteiger partial charge < -0.3 is 29.3 Å². The Balaban J connectivity index is 1.26. The van der Waals surface area contributed by atoms with E-state index in [9.17, 15) is 14.0 Å². The van der Waals surface area contributed by atoms with Crippen molar-refractivity contribution in [1.29, 1.82) is 0 Å². The lowest BCUT2D eigenvalue weighted by atomic mass is 9.85. The number of ether oxygens (including phenoxy) is 3. The van der Waals surface area contributed by atoms with Crippen molar-refractivity contribution in [2.45, 2.75) is 76.0 Å². The second kappa shape index (κ2) is 11.2. The molecule has 3 aliphatic heterocycles. The van der Waals surface area contributed by atoms with Crippen molar-refractivity contribution in [3.8, 4) is 0 Å². The van der Waals surface area contributed by atoms with E-state index in [1.807, 2.05) is 6.07 Å². The van der Waals surface area contributed by atoms with E-state index in [-0.39, 0.29) is 29.2 Å². The number of halogens is 1. The van der Waals surface area contributed by atoms with Gasteiger partial charge in [-0.3, -0.25) is 4.79 Å². The molecule has 2 saturated heterocycles. The Hall–Kier alpha value is -2.39. The largest absolute Gasteiger partial charge is 0.436 e. The van der Waals surface area contributed by atoms with E-state index in [0.717, 1.165) is 36.9 Å². The molecule has 1 saturated carbocycles. The maximum atomic E-state index is 14.0. The first-order valence-electron chi connectivity index (χ1n) is 13.8. The van der Waals surface area contributed by atoms with Crippen molar-refractivity contribution in [3.05, 3.63) is 29.6 Å². The fourth-order valence-corrected chi connectivity index (χ4v) is 6.41. The number of nitrogens with zero attached hydrogens (tertiary/aromatic N) is 2. The molecule has 0 bridgehead atoms. The van der Waals surface area contributed by atoms with Crippen molar-refractivity contribution in [3.63, 3.8) is 0 Å². The third kappa shape index (κ3) is 5.87. The van der Waals surface area contributed by atoms with Crippen molar-refractivity contribution in [1.82, 2.24) is 10.2 Å². The van der Waals surface area contributed by atoms with Crippen molar-refractivity contribution >= 4 is 17.7 Å². The molecule has 37 heavy (non-hydrogen) atoms. The first-order chi connectivity index (χ1) is 17.8. The number of anilines is 1. The smallest absolute Gasteiger partial charge is 0.408 e. The topological polar surface area (TPSA) is 80.3 Å². The summed E-state index contributed by atoms with van der Waals surface area (Å²) in [7, 11) is 0. The van der Waals surface area contributed by atoms with Crippen molar-refractivity contribution in [2.24, 2.45) is 5.92 Å². The molecule has 3 heterocycles. The number of hydrogen-bond acceptors (Lipinski definition) is 6. The maximum absolute atomic E-state index is 14.0. The van der Waals surface area contributed by atoms with Gasteiger partial charge in [0.2, 0.25) is 0 Å². The molecular formula is C28H40FN3O5. The number of carbonyl (C=O) groups excluding carboxylic acids is 2. The molecule has 1 aromatic rings. The summed E-state index contributed by atoms with van der Waals surface area (Å²) in [6.45, 7) is 7.78. The molecule has 0 aromatic heterocycles. The zero-order valence-corrected chi connectivity index (χ0v) is 22.0. The van der Waals surface area contributed by atoms with E-state index < -0.39 is 12.2 Å². The monoisotopic (exact) mass is 517 g/mol. The van der Waals surface area contributed by atoms with Gasteiger partial charge >= 0.3 is 6.09 Å². The summed E-state index contributed by atoms with van der Waals surface area (Å²) >= 11 is 0. The van der Waals surface area contributed by atoms with Crippen molar-refractivity contribution in [2.75, 3.05) is 51.0 Å². The summed E-state index contributed by atoms with van der Waals surface area (Å²) in [6.07, 6.45) is 4.88. The summed E-state index contributed by atoms with van der Waals surface area (Å²) in [5.74, 6) is 0.0202. The van der Waals surface area contributed by atoms with Crippen LogP contribution in [-0.4, -0.2) is 81.1 Å². The second-order valence-electron chi connectivity index (χ2n) is 11.6. The minimum atomic E-state index is -0.795. The van der Waals surface area contributed by atoms with Crippen LogP contribution in [0.2, 0.25) is 0 Å². The molecule has 5 rings (SSSR count). The molecular weight excluding hydrogens is 477 g/mol. The predicted octanol–water partition coefficient (Wildman–Crippen LogP) is 3.61. The molecule has 1 aliphatic carbocycles. The fourth-order valence-electron chi connectivity index (χ4n) is 6.41. The number of amides is 2. The minimum Gasteiger partial charge on any atom is -0.436 e. The Morgan fingerprint density at radius 1 is 1.14 bits per heavy atom. The maximum Gasteiger partial charge on any atom is 0.408 e. The quantitative estimate of drug-likeness (QED) is 0.621. The highest BCUT2D eigenvalue weighted by atomic mass is 19.1. The van der Waals surface area contributed by atoms with Gasteiger partial charge in [-0.05, 0) is 36.1 Å². The van der Waals surface area contributed by atoms with E-state index in [0.29, 0.717) is 58.4 Å². The average molecular weight is 518 g/mol. The molecule has 1 aromatic carbocycles. The lowest BCUT2D eigenvalue weighted by Gasteiger charge is -2.34. The number of carbonyl (C=O) groups is 2. The molecule has 3 atom stereocenters. The van der Waals surface area contributed by atoms with E-state index in [1.54, 1.807) is 11.0 Å². The molecule has 2 amide bonds. The van der Waals surface area contributed by atoms with Gasteiger partial charge in [0.25, 0.3) is 5.91 Å². The van der Waals surface area contributed by atoms with Gasteiger partial charge in [-0.15, -0.1) is 0 Å².